The number of hydrogen-bond donors (Lipinski definition) is 3. The van der Waals surface area contributed by atoms with Gasteiger partial charge < -0.3 is 20.5 Å². The lowest BCUT2D eigenvalue weighted by atomic mass is 9.93. The Balaban J connectivity index is 1.64. The summed E-state index contributed by atoms with van der Waals surface area (Å²) in [6.07, 6.45) is 7.81. The minimum Gasteiger partial charge on any atom is -0.463 e. The summed E-state index contributed by atoms with van der Waals surface area (Å²) in [5.74, 6) is -1.64. The number of carbonyl (C=O) groups is 3. The minimum absolute atomic E-state index is 0.00349. The van der Waals surface area contributed by atoms with E-state index in [0.29, 0.717) is 25.7 Å². The van der Waals surface area contributed by atoms with Crippen LogP contribution in [0.2, 0.25) is 0 Å². The molecule has 2 amide bonds. The number of nitrogens with one attached hydrogen (secondary N) is 2. The Morgan fingerprint density at radius 2 is 1.69 bits per heavy atom. The van der Waals surface area contributed by atoms with Gasteiger partial charge in [-0.2, -0.15) is 0 Å². The number of rotatable bonds is 8. The maximum absolute atomic E-state index is 13.3. The number of aliphatic hydroxyl groups excluding tert-OH is 1. The summed E-state index contributed by atoms with van der Waals surface area (Å²) in [6.45, 7) is 3.47. The Bertz CT molecular complexity index is 1080. The molecule has 3 N–H and O–H groups in total. The molecule has 1 aliphatic heterocycles. The third kappa shape index (κ3) is 10.7. The summed E-state index contributed by atoms with van der Waals surface area (Å²) < 4.78 is 5.70. The van der Waals surface area contributed by atoms with Crippen LogP contribution >= 0.6 is 0 Å². The van der Waals surface area contributed by atoms with Gasteiger partial charge in [-0.3, -0.25) is 14.4 Å². The second-order valence-electron chi connectivity index (χ2n) is 11.0. The van der Waals surface area contributed by atoms with Crippen molar-refractivity contribution in [2.75, 3.05) is 13.2 Å². The van der Waals surface area contributed by atoms with Crippen LogP contribution in [0.4, 0.5) is 0 Å². The number of ether oxygens (including phenoxy) is 1. The van der Waals surface area contributed by atoms with Crippen molar-refractivity contribution in [3.8, 4) is 0 Å². The van der Waals surface area contributed by atoms with E-state index >= 15 is 0 Å². The first-order valence-corrected chi connectivity index (χ1v) is 13.9. The fourth-order valence-electron chi connectivity index (χ4n) is 4.76. The zero-order valence-electron chi connectivity index (χ0n) is 23.1. The molecule has 0 bridgehead atoms. The van der Waals surface area contributed by atoms with Crippen LogP contribution in [0.25, 0.3) is 0 Å². The van der Waals surface area contributed by atoms with Gasteiger partial charge >= 0.3 is 5.97 Å². The third-order valence-electron chi connectivity index (χ3n) is 6.92. The standard InChI is InChI=1S/C32H42N2O5/c1-32(2)23-39-31(38)27(19-24-13-7-5-8-14-24)18-12-4-3-11-17-26(30(37)34-32)21-29(36)33-28(22-35)20-25-15-9-6-10-16-25/h3,5-11,13-16,26-28,35H,4,12,17-23H2,1-2H3,(H,33,36)(H,34,37)/t26-,27-,28+/m1/s1. The molecule has 3 atom stereocenters. The smallest absolute Gasteiger partial charge is 0.309 e. The van der Waals surface area contributed by atoms with Crippen molar-refractivity contribution in [1.29, 1.82) is 0 Å². The van der Waals surface area contributed by atoms with E-state index in [-0.39, 0.29) is 43.3 Å². The Labute approximate surface area is 232 Å². The number of hydrogen-bond acceptors (Lipinski definition) is 5. The average Bonchev–Trinajstić information content (AvgIpc) is 2.92. The van der Waals surface area contributed by atoms with Crippen LogP contribution in [0.3, 0.4) is 0 Å². The quantitative estimate of drug-likeness (QED) is 0.349. The fourth-order valence-corrected chi connectivity index (χ4v) is 4.76. The van der Waals surface area contributed by atoms with Crippen molar-refractivity contribution in [2.24, 2.45) is 11.8 Å². The van der Waals surface area contributed by atoms with Gasteiger partial charge in [-0.1, -0.05) is 72.8 Å². The van der Waals surface area contributed by atoms with E-state index < -0.39 is 17.5 Å². The highest BCUT2D eigenvalue weighted by Crippen LogP contribution is 2.20. The van der Waals surface area contributed by atoms with Crippen LogP contribution in [-0.2, 0) is 32.0 Å². The molecule has 0 aromatic heterocycles. The average molecular weight is 535 g/mol. The largest absolute Gasteiger partial charge is 0.463 e. The van der Waals surface area contributed by atoms with Crippen LogP contribution in [0, 0.1) is 11.8 Å². The highest BCUT2D eigenvalue weighted by Gasteiger charge is 2.30. The molecule has 39 heavy (non-hydrogen) atoms. The Morgan fingerprint density at radius 1 is 1.03 bits per heavy atom. The molecule has 1 aliphatic rings. The number of carbonyl (C=O) groups excluding carboxylic acids is 3. The van der Waals surface area contributed by atoms with Crippen LogP contribution in [0.15, 0.2) is 72.8 Å². The predicted octanol–water partition coefficient (Wildman–Crippen LogP) is 4.14. The van der Waals surface area contributed by atoms with E-state index in [1.807, 2.05) is 86.7 Å². The first-order valence-electron chi connectivity index (χ1n) is 13.9. The van der Waals surface area contributed by atoms with Crippen molar-refractivity contribution in [1.82, 2.24) is 10.6 Å². The highest BCUT2D eigenvalue weighted by atomic mass is 16.5. The lowest BCUT2D eigenvalue weighted by Gasteiger charge is -2.29. The molecule has 0 unspecified atom stereocenters. The van der Waals surface area contributed by atoms with Crippen molar-refractivity contribution in [3.05, 3.63) is 83.9 Å². The maximum atomic E-state index is 13.3. The number of amides is 2. The van der Waals surface area contributed by atoms with Gasteiger partial charge in [0.1, 0.15) is 6.61 Å². The summed E-state index contributed by atoms with van der Waals surface area (Å²) in [7, 11) is 0. The zero-order chi connectivity index (χ0) is 28.1. The van der Waals surface area contributed by atoms with Gasteiger partial charge in [-0.25, -0.2) is 0 Å². The van der Waals surface area contributed by atoms with Gasteiger partial charge in [0.05, 0.1) is 30.0 Å². The van der Waals surface area contributed by atoms with E-state index in [2.05, 4.69) is 10.6 Å². The van der Waals surface area contributed by atoms with Gasteiger partial charge in [-0.05, 0) is 63.5 Å². The lowest BCUT2D eigenvalue weighted by Crippen LogP contribution is -2.50. The molecule has 0 saturated carbocycles. The molecule has 0 fully saturated rings. The van der Waals surface area contributed by atoms with Gasteiger partial charge in [0.25, 0.3) is 0 Å². The summed E-state index contributed by atoms with van der Waals surface area (Å²) in [5, 5.41) is 15.7. The molecule has 2 aromatic rings. The first kappa shape index (κ1) is 30.1. The monoisotopic (exact) mass is 534 g/mol. The van der Waals surface area contributed by atoms with E-state index in [1.165, 1.54) is 0 Å². The van der Waals surface area contributed by atoms with Crippen LogP contribution < -0.4 is 10.6 Å². The SMILES string of the molecule is CC1(C)COC(=O)[C@@H](Cc2ccccc2)CCCC=CC[C@H](CC(=O)N[C@H](CO)Cc2ccccc2)C(=O)N1. The van der Waals surface area contributed by atoms with Crippen molar-refractivity contribution in [3.63, 3.8) is 0 Å². The number of allylic oxidation sites excluding steroid dienone is 2. The number of cyclic esters (lactones) is 1. The molecule has 7 heteroatoms. The van der Waals surface area contributed by atoms with Crippen LogP contribution in [0.5, 0.6) is 0 Å². The molecule has 7 nitrogen and oxygen atoms in total. The molecule has 2 aromatic carbocycles. The maximum Gasteiger partial charge on any atom is 0.309 e. The zero-order valence-corrected chi connectivity index (χ0v) is 23.1. The van der Waals surface area contributed by atoms with Crippen LogP contribution in [-0.4, -0.2) is 47.7 Å². The van der Waals surface area contributed by atoms with E-state index in [1.54, 1.807) is 0 Å². The van der Waals surface area contributed by atoms with Crippen molar-refractivity contribution in [2.45, 2.75) is 70.4 Å². The van der Waals surface area contributed by atoms with Gasteiger partial charge in [0.2, 0.25) is 11.8 Å². The topological polar surface area (TPSA) is 105 Å². The second-order valence-corrected chi connectivity index (χ2v) is 11.0. The summed E-state index contributed by atoms with van der Waals surface area (Å²) in [6, 6.07) is 19.1. The summed E-state index contributed by atoms with van der Waals surface area (Å²) >= 11 is 0. The molecule has 210 valence electrons. The Kier molecular flexibility index (Phi) is 11.7. The van der Waals surface area contributed by atoms with E-state index in [4.69, 9.17) is 4.74 Å². The predicted molar refractivity (Wildman–Crippen MR) is 152 cm³/mol. The molecule has 0 aliphatic carbocycles. The lowest BCUT2D eigenvalue weighted by molar-refractivity contribution is -0.151. The molecule has 0 spiro atoms. The summed E-state index contributed by atoms with van der Waals surface area (Å²) in [4.78, 5) is 39.1. The van der Waals surface area contributed by atoms with E-state index in [0.717, 1.165) is 24.0 Å². The highest BCUT2D eigenvalue weighted by molar-refractivity contribution is 5.86. The number of aliphatic hydroxyl groups is 1. The molecule has 0 saturated heterocycles. The second kappa shape index (κ2) is 15.2. The Morgan fingerprint density at radius 3 is 2.36 bits per heavy atom. The van der Waals surface area contributed by atoms with Crippen molar-refractivity contribution >= 4 is 17.8 Å². The molecule has 1 heterocycles. The number of benzene rings is 2. The van der Waals surface area contributed by atoms with Crippen LogP contribution in [0.1, 0.15) is 57.1 Å². The normalized spacial score (nSPS) is 21.2. The van der Waals surface area contributed by atoms with Gasteiger partial charge in [0.15, 0.2) is 0 Å². The molecule has 3 rings (SSSR count). The third-order valence-corrected chi connectivity index (χ3v) is 6.92. The molecule has 0 radical (unpaired) electrons. The fraction of sp³-hybridized carbons (Fsp3) is 0.469. The Hall–Kier alpha value is -3.45. The van der Waals surface area contributed by atoms with Gasteiger partial charge in [0, 0.05) is 6.42 Å². The summed E-state index contributed by atoms with van der Waals surface area (Å²) in [5.41, 5.74) is 1.31. The van der Waals surface area contributed by atoms with E-state index in [9.17, 15) is 19.5 Å². The molecular formula is C32H42N2O5. The number of esters is 1. The van der Waals surface area contributed by atoms with Gasteiger partial charge in [-0.15, -0.1) is 0 Å². The first-order chi connectivity index (χ1) is 18.8. The van der Waals surface area contributed by atoms with Crippen molar-refractivity contribution < 1.29 is 24.2 Å². The molecular weight excluding hydrogens is 492 g/mol. The minimum atomic E-state index is -0.798.